The summed E-state index contributed by atoms with van der Waals surface area (Å²) in [5, 5.41) is 0. The molecule has 0 spiro atoms. The first-order valence-corrected chi connectivity index (χ1v) is 6.14. The minimum atomic E-state index is -0.342. The second-order valence-corrected chi connectivity index (χ2v) is 4.33. The fourth-order valence-corrected chi connectivity index (χ4v) is 1.95. The lowest BCUT2D eigenvalue weighted by Gasteiger charge is -2.24. The lowest BCUT2D eigenvalue weighted by atomic mass is 10.1. The number of benzene rings is 2. The monoisotopic (exact) mass is 262 g/mol. The van der Waals surface area contributed by atoms with E-state index in [0.717, 1.165) is 17.8 Å². The van der Waals surface area contributed by atoms with E-state index in [1.54, 1.807) is 18.2 Å². The highest BCUT2D eigenvalue weighted by molar-refractivity contribution is 5.52. The molecule has 0 bridgehead atoms. The van der Waals surface area contributed by atoms with E-state index in [2.05, 4.69) is 0 Å². The van der Waals surface area contributed by atoms with E-state index < -0.39 is 0 Å². The fraction of sp³-hybridized carbons (Fsp3) is 0.200. The molecular weight excluding hydrogens is 246 g/mol. The SMILES string of the molecule is CCN(Cc1ccc(F)cc1N)c1ccc(F)cc1. The van der Waals surface area contributed by atoms with E-state index in [9.17, 15) is 8.78 Å². The summed E-state index contributed by atoms with van der Waals surface area (Å²) in [5.74, 6) is -0.604. The van der Waals surface area contributed by atoms with Crippen LogP contribution in [0.2, 0.25) is 0 Å². The molecule has 0 saturated carbocycles. The highest BCUT2D eigenvalue weighted by Crippen LogP contribution is 2.21. The van der Waals surface area contributed by atoms with E-state index in [4.69, 9.17) is 5.73 Å². The molecule has 2 nitrogen and oxygen atoms in total. The second kappa shape index (κ2) is 5.69. The van der Waals surface area contributed by atoms with Crippen molar-refractivity contribution in [2.24, 2.45) is 0 Å². The molecule has 0 amide bonds. The van der Waals surface area contributed by atoms with Crippen LogP contribution < -0.4 is 10.6 Å². The molecule has 4 heteroatoms. The lowest BCUT2D eigenvalue weighted by Crippen LogP contribution is -2.22. The molecule has 0 heterocycles. The molecule has 0 radical (unpaired) electrons. The van der Waals surface area contributed by atoms with Crippen LogP contribution in [0.1, 0.15) is 12.5 Å². The molecule has 19 heavy (non-hydrogen) atoms. The lowest BCUT2D eigenvalue weighted by molar-refractivity contribution is 0.626. The van der Waals surface area contributed by atoms with Crippen molar-refractivity contribution in [1.29, 1.82) is 0 Å². The molecule has 0 fully saturated rings. The number of hydrogen-bond acceptors (Lipinski definition) is 2. The second-order valence-electron chi connectivity index (χ2n) is 4.33. The molecule has 0 unspecified atom stereocenters. The van der Waals surface area contributed by atoms with Gasteiger partial charge in [-0.05, 0) is 48.9 Å². The van der Waals surface area contributed by atoms with Gasteiger partial charge >= 0.3 is 0 Å². The maximum atomic E-state index is 13.0. The van der Waals surface area contributed by atoms with Crippen molar-refractivity contribution in [3.63, 3.8) is 0 Å². The van der Waals surface area contributed by atoms with Gasteiger partial charge in [0.15, 0.2) is 0 Å². The number of anilines is 2. The third-order valence-electron chi connectivity index (χ3n) is 3.04. The van der Waals surface area contributed by atoms with Gasteiger partial charge in [-0.3, -0.25) is 0 Å². The Kier molecular flexibility index (Phi) is 4.00. The Morgan fingerprint density at radius 2 is 1.63 bits per heavy atom. The van der Waals surface area contributed by atoms with Gasteiger partial charge in [-0.2, -0.15) is 0 Å². The number of nitrogens with two attached hydrogens (primary N) is 1. The molecule has 2 aromatic rings. The first-order chi connectivity index (χ1) is 9.10. The largest absolute Gasteiger partial charge is 0.398 e. The summed E-state index contributed by atoms with van der Waals surface area (Å²) in [5.41, 5.74) is 8.00. The zero-order valence-electron chi connectivity index (χ0n) is 10.7. The third kappa shape index (κ3) is 3.22. The first kappa shape index (κ1) is 13.3. The standard InChI is InChI=1S/C15H16F2N2/c1-2-19(14-7-5-12(16)6-8-14)10-11-3-4-13(17)9-15(11)18/h3-9H,2,10,18H2,1H3. The summed E-state index contributed by atoms with van der Waals surface area (Å²) < 4.78 is 25.9. The maximum absolute atomic E-state index is 13.0. The molecule has 2 rings (SSSR count). The normalized spacial score (nSPS) is 10.5. The van der Waals surface area contributed by atoms with Crippen LogP contribution in [0.15, 0.2) is 42.5 Å². The van der Waals surface area contributed by atoms with Gasteiger partial charge < -0.3 is 10.6 Å². The van der Waals surface area contributed by atoms with E-state index in [1.165, 1.54) is 24.3 Å². The highest BCUT2D eigenvalue weighted by Gasteiger charge is 2.08. The number of nitrogens with zero attached hydrogens (tertiary/aromatic N) is 1. The van der Waals surface area contributed by atoms with Crippen LogP contribution in [0.3, 0.4) is 0 Å². The molecule has 2 N–H and O–H groups in total. The van der Waals surface area contributed by atoms with Gasteiger partial charge in [0.1, 0.15) is 11.6 Å². The Balaban J connectivity index is 2.21. The van der Waals surface area contributed by atoms with Crippen molar-refractivity contribution in [2.45, 2.75) is 13.5 Å². The van der Waals surface area contributed by atoms with Crippen LogP contribution in [-0.2, 0) is 6.54 Å². The molecule has 0 aromatic heterocycles. The van der Waals surface area contributed by atoms with Gasteiger partial charge in [0.2, 0.25) is 0 Å². The average Bonchev–Trinajstić information content (AvgIpc) is 2.39. The van der Waals surface area contributed by atoms with Crippen molar-refractivity contribution in [3.05, 3.63) is 59.7 Å². The minimum Gasteiger partial charge on any atom is -0.398 e. The number of rotatable bonds is 4. The summed E-state index contributed by atoms with van der Waals surface area (Å²) in [6, 6.07) is 10.7. The highest BCUT2D eigenvalue weighted by atomic mass is 19.1. The van der Waals surface area contributed by atoms with Crippen molar-refractivity contribution in [1.82, 2.24) is 0 Å². The predicted molar refractivity (Wildman–Crippen MR) is 73.9 cm³/mol. The predicted octanol–water partition coefficient (Wildman–Crippen LogP) is 3.57. The Morgan fingerprint density at radius 1 is 1.00 bits per heavy atom. The minimum absolute atomic E-state index is 0.263. The van der Waals surface area contributed by atoms with Crippen LogP contribution in [-0.4, -0.2) is 6.54 Å². The van der Waals surface area contributed by atoms with Crippen molar-refractivity contribution in [3.8, 4) is 0 Å². The van der Waals surface area contributed by atoms with Crippen LogP contribution in [0.4, 0.5) is 20.2 Å². The van der Waals surface area contributed by atoms with Gasteiger partial charge in [-0.1, -0.05) is 6.07 Å². The molecule has 2 aromatic carbocycles. The average molecular weight is 262 g/mol. The fourth-order valence-electron chi connectivity index (χ4n) is 1.95. The molecule has 0 aliphatic rings. The molecule has 100 valence electrons. The van der Waals surface area contributed by atoms with Crippen LogP contribution in [0, 0.1) is 11.6 Å². The van der Waals surface area contributed by atoms with E-state index in [-0.39, 0.29) is 11.6 Å². The number of nitrogen functional groups attached to an aromatic ring is 1. The summed E-state index contributed by atoms with van der Waals surface area (Å²) >= 11 is 0. The molecule has 0 aliphatic heterocycles. The van der Waals surface area contributed by atoms with Crippen LogP contribution >= 0.6 is 0 Å². The van der Waals surface area contributed by atoms with Gasteiger partial charge in [0.25, 0.3) is 0 Å². The van der Waals surface area contributed by atoms with Crippen molar-refractivity contribution >= 4 is 11.4 Å². The Labute approximate surface area is 111 Å². The zero-order valence-corrected chi connectivity index (χ0v) is 10.7. The van der Waals surface area contributed by atoms with Crippen LogP contribution in [0.5, 0.6) is 0 Å². The van der Waals surface area contributed by atoms with E-state index in [1.807, 2.05) is 11.8 Å². The van der Waals surface area contributed by atoms with Crippen molar-refractivity contribution < 1.29 is 8.78 Å². The molecule has 0 atom stereocenters. The van der Waals surface area contributed by atoms with Gasteiger partial charge in [-0.25, -0.2) is 8.78 Å². The van der Waals surface area contributed by atoms with Gasteiger partial charge in [-0.15, -0.1) is 0 Å². The van der Waals surface area contributed by atoms with Crippen LogP contribution in [0.25, 0.3) is 0 Å². The Hall–Kier alpha value is -2.10. The zero-order chi connectivity index (χ0) is 13.8. The quantitative estimate of drug-likeness (QED) is 0.853. The summed E-state index contributed by atoms with van der Waals surface area (Å²) in [4.78, 5) is 2.04. The molecule has 0 aliphatic carbocycles. The maximum Gasteiger partial charge on any atom is 0.125 e. The first-order valence-electron chi connectivity index (χ1n) is 6.14. The number of halogens is 2. The Morgan fingerprint density at radius 3 is 2.21 bits per heavy atom. The van der Waals surface area contributed by atoms with Gasteiger partial charge in [0.05, 0.1) is 0 Å². The van der Waals surface area contributed by atoms with E-state index >= 15 is 0 Å². The van der Waals surface area contributed by atoms with Crippen molar-refractivity contribution in [2.75, 3.05) is 17.2 Å². The third-order valence-corrected chi connectivity index (χ3v) is 3.04. The summed E-state index contributed by atoms with van der Waals surface area (Å²) in [6.45, 7) is 3.32. The summed E-state index contributed by atoms with van der Waals surface area (Å²) in [6.07, 6.45) is 0. The van der Waals surface area contributed by atoms with E-state index in [0.29, 0.717) is 12.2 Å². The molecule has 0 saturated heterocycles. The molecular formula is C15H16F2N2. The summed E-state index contributed by atoms with van der Waals surface area (Å²) in [7, 11) is 0. The van der Waals surface area contributed by atoms with Gasteiger partial charge in [0, 0.05) is 24.5 Å². The number of hydrogen-bond donors (Lipinski definition) is 1. The topological polar surface area (TPSA) is 29.3 Å². The Bertz CT molecular complexity index is 553. The smallest absolute Gasteiger partial charge is 0.125 e.